The molecule has 2 heterocycles. The lowest BCUT2D eigenvalue weighted by Crippen LogP contribution is -2.46. The summed E-state index contributed by atoms with van der Waals surface area (Å²) in [6, 6.07) is 7.33. The van der Waals surface area contributed by atoms with Gasteiger partial charge in [-0.1, -0.05) is 12.1 Å². The summed E-state index contributed by atoms with van der Waals surface area (Å²) in [6.45, 7) is -0.128. The molecule has 2 aromatic carbocycles. The SMILES string of the molecule is O=C(O)CC1Oc2ccccc2N(Cc2nc3cc(F)c(F)c(F)c3s2)C1=O. The molecule has 1 aliphatic rings. The van der Waals surface area contributed by atoms with Crippen LogP contribution < -0.4 is 9.64 Å². The van der Waals surface area contributed by atoms with Gasteiger partial charge in [-0.2, -0.15) is 0 Å². The fourth-order valence-corrected chi connectivity index (χ4v) is 3.91. The van der Waals surface area contributed by atoms with Crippen molar-refractivity contribution in [2.45, 2.75) is 19.1 Å². The van der Waals surface area contributed by atoms with Crippen LogP contribution in [0.15, 0.2) is 30.3 Å². The van der Waals surface area contributed by atoms with E-state index in [1.54, 1.807) is 24.3 Å². The van der Waals surface area contributed by atoms with Gasteiger partial charge in [-0.15, -0.1) is 11.3 Å². The van der Waals surface area contributed by atoms with Gasteiger partial charge in [-0.05, 0) is 12.1 Å². The topological polar surface area (TPSA) is 79.7 Å². The molecule has 0 saturated heterocycles. The summed E-state index contributed by atoms with van der Waals surface area (Å²) >= 11 is 0.788. The standard InChI is InChI=1S/C18H11F3N2O4S/c19-8-5-9-17(16(21)15(8)20)28-13(22-9)7-23-10-3-1-2-4-11(10)27-12(18(23)26)6-14(24)25/h1-5,12H,6-7H2,(H,24,25). The van der Waals surface area contributed by atoms with Gasteiger partial charge in [-0.3, -0.25) is 14.5 Å². The number of carbonyl (C=O) groups excluding carboxylic acids is 1. The van der Waals surface area contributed by atoms with Crippen LogP contribution in [0.1, 0.15) is 11.4 Å². The van der Waals surface area contributed by atoms with Crippen LogP contribution in [0.2, 0.25) is 0 Å². The van der Waals surface area contributed by atoms with E-state index in [2.05, 4.69) is 4.98 Å². The van der Waals surface area contributed by atoms with E-state index in [0.29, 0.717) is 11.4 Å². The van der Waals surface area contributed by atoms with Gasteiger partial charge >= 0.3 is 5.97 Å². The van der Waals surface area contributed by atoms with E-state index in [4.69, 9.17) is 9.84 Å². The summed E-state index contributed by atoms with van der Waals surface area (Å²) in [7, 11) is 0. The third-order valence-electron chi connectivity index (χ3n) is 4.18. The van der Waals surface area contributed by atoms with Crippen molar-refractivity contribution < 1.29 is 32.6 Å². The Labute approximate surface area is 159 Å². The molecule has 4 rings (SSSR count). The molecule has 3 aromatic rings. The molecule has 6 nitrogen and oxygen atoms in total. The van der Waals surface area contributed by atoms with Crippen LogP contribution in [-0.4, -0.2) is 28.1 Å². The largest absolute Gasteiger partial charge is 0.481 e. The Balaban J connectivity index is 1.73. The monoisotopic (exact) mass is 408 g/mol. The lowest BCUT2D eigenvalue weighted by atomic mass is 10.1. The molecule has 0 aliphatic carbocycles. The highest BCUT2D eigenvalue weighted by atomic mass is 32.1. The molecule has 1 atom stereocenters. The molecular formula is C18H11F3N2O4S. The zero-order chi connectivity index (χ0) is 20.0. The molecule has 0 radical (unpaired) electrons. The van der Waals surface area contributed by atoms with E-state index in [1.807, 2.05) is 0 Å². The number of thiazole rings is 1. The third-order valence-corrected chi connectivity index (χ3v) is 5.23. The van der Waals surface area contributed by atoms with Gasteiger partial charge in [0, 0.05) is 6.07 Å². The molecule has 1 amide bonds. The Morgan fingerprint density at radius 2 is 2.00 bits per heavy atom. The summed E-state index contributed by atoms with van der Waals surface area (Å²) < 4.78 is 46.2. The number of carboxylic acid groups (broad SMARTS) is 1. The van der Waals surface area contributed by atoms with E-state index < -0.39 is 41.9 Å². The number of para-hydroxylation sites is 2. The van der Waals surface area contributed by atoms with E-state index in [9.17, 15) is 22.8 Å². The average Bonchev–Trinajstić information content (AvgIpc) is 3.05. The first-order valence-corrected chi connectivity index (χ1v) is 8.88. The highest BCUT2D eigenvalue weighted by molar-refractivity contribution is 7.18. The van der Waals surface area contributed by atoms with E-state index in [1.165, 1.54) is 4.90 Å². The number of aromatic nitrogens is 1. The van der Waals surface area contributed by atoms with Gasteiger partial charge in [-0.25, -0.2) is 18.2 Å². The highest BCUT2D eigenvalue weighted by Crippen LogP contribution is 2.37. The summed E-state index contributed by atoms with van der Waals surface area (Å²) in [5.41, 5.74) is 0.332. The second-order valence-electron chi connectivity index (χ2n) is 6.04. The number of halogens is 3. The highest BCUT2D eigenvalue weighted by Gasteiger charge is 2.36. The predicted octanol–water partition coefficient (Wildman–Crippen LogP) is 3.48. The average molecular weight is 408 g/mol. The van der Waals surface area contributed by atoms with Crippen molar-refractivity contribution in [2.24, 2.45) is 0 Å². The number of nitrogens with zero attached hydrogens (tertiary/aromatic N) is 2. The Morgan fingerprint density at radius 3 is 2.75 bits per heavy atom. The second kappa shape index (κ2) is 6.79. The van der Waals surface area contributed by atoms with Crippen LogP contribution in [0, 0.1) is 17.5 Å². The number of ether oxygens (including phenoxy) is 1. The van der Waals surface area contributed by atoms with Gasteiger partial charge in [0.1, 0.15) is 10.8 Å². The van der Waals surface area contributed by atoms with Crippen molar-refractivity contribution in [1.82, 2.24) is 4.98 Å². The third kappa shape index (κ3) is 3.05. The summed E-state index contributed by atoms with van der Waals surface area (Å²) in [5.74, 6) is -5.76. The molecule has 1 aliphatic heterocycles. The normalized spacial score (nSPS) is 16.2. The predicted molar refractivity (Wildman–Crippen MR) is 93.8 cm³/mol. The van der Waals surface area contributed by atoms with E-state index in [-0.39, 0.29) is 21.8 Å². The minimum atomic E-state index is -1.59. The van der Waals surface area contributed by atoms with Crippen LogP contribution in [0.5, 0.6) is 5.75 Å². The zero-order valence-electron chi connectivity index (χ0n) is 14.0. The summed E-state index contributed by atoms with van der Waals surface area (Å²) in [4.78, 5) is 29.1. The maximum Gasteiger partial charge on any atom is 0.307 e. The van der Waals surface area contributed by atoms with Crippen molar-refractivity contribution in [2.75, 3.05) is 4.90 Å². The first-order valence-electron chi connectivity index (χ1n) is 8.07. The number of fused-ring (bicyclic) bond motifs is 2. The van der Waals surface area contributed by atoms with E-state index in [0.717, 1.165) is 17.4 Å². The number of hydrogen-bond donors (Lipinski definition) is 1. The molecule has 28 heavy (non-hydrogen) atoms. The molecule has 0 fully saturated rings. The summed E-state index contributed by atoms with van der Waals surface area (Å²) in [5, 5.41) is 9.25. The zero-order valence-corrected chi connectivity index (χ0v) is 14.8. The fraction of sp³-hybridized carbons (Fsp3) is 0.167. The fourth-order valence-electron chi connectivity index (χ4n) is 2.95. The molecule has 10 heteroatoms. The second-order valence-corrected chi connectivity index (χ2v) is 7.12. The molecule has 144 valence electrons. The van der Waals surface area contributed by atoms with Gasteiger partial charge in [0.2, 0.25) is 0 Å². The number of carboxylic acids is 1. The lowest BCUT2D eigenvalue weighted by molar-refractivity contribution is -0.142. The van der Waals surface area contributed by atoms with Crippen LogP contribution in [0.4, 0.5) is 18.9 Å². The van der Waals surface area contributed by atoms with Crippen LogP contribution >= 0.6 is 11.3 Å². The number of carbonyl (C=O) groups is 2. The van der Waals surface area contributed by atoms with Gasteiger partial charge in [0.15, 0.2) is 23.6 Å². The Bertz CT molecular complexity index is 1120. The number of benzene rings is 2. The smallest absolute Gasteiger partial charge is 0.307 e. The van der Waals surface area contributed by atoms with Gasteiger partial charge in [0.25, 0.3) is 5.91 Å². The number of rotatable bonds is 4. The number of anilines is 1. The Morgan fingerprint density at radius 1 is 1.25 bits per heavy atom. The van der Waals surface area contributed by atoms with Crippen LogP contribution in [0.3, 0.4) is 0 Å². The minimum Gasteiger partial charge on any atom is -0.481 e. The van der Waals surface area contributed by atoms with Crippen molar-refractivity contribution in [3.05, 3.63) is 52.8 Å². The van der Waals surface area contributed by atoms with Crippen molar-refractivity contribution in [3.8, 4) is 5.75 Å². The quantitative estimate of drug-likeness (QED) is 0.669. The number of hydrogen-bond acceptors (Lipinski definition) is 5. The maximum atomic E-state index is 14.0. The first kappa shape index (κ1) is 18.2. The molecule has 0 saturated carbocycles. The maximum absolute atomic E-state index is 14.0. The van der Waals surface area contributed by atoms with Gasteiger partial charge in [0.05, 0.1) is 28.9 Å². The van der Waals surface area contributed by atoms with Crippen LogP contribution in [-0.2, 0) is 16.1 Å². The molecule has 0 bridgehead atoms. The van der Waals surface area contributed by atoms with Crippen molar-refractivity contribution in [1.29, 1.82) is 0 Å². The van der Waals surface area contributed by atoms with Crippen molar-refractivity contribution >= 4 is 39.1 Å². The first-order chi connectivity index (χ1) is 13.3. The Hall–Kier alpha value is -3.14. The molecule has 1 unspecified atom stereocenters. The van der Waals surface area contributed by atoms with Crippen LogP contribution in [0.25, 0.3) is 10.2 Å². The summed E-state index contributed by atoms with van der Waals surface area (Å²) in [6.07, 6.45) is -1.76. The minimum absolute atomic E-state index is 0.0625. The Kier molecular flexibility index (Phi) is 4.42. The lowest BCUT2D eigenvalue weighted by Gasteiger charge is -2.33. The molecule has 1 N–H and O–H groups in total. The molecular weight excluding hydrogens is 397 g/mol. The number of aliphatic carboxylic acids is 1. The molecule has 1 aromatic heterocycles. The van der Waals surface area contributed by atoms with Crippen molar-refractivity contribution in [3.63, 3.8) is 0 Å². The molecule has 0 spiro atoms. The van der Waals surface area contributed by atoms with Gasteiger partial charge < -0.3 is 9.84 Å². The number of amides is 1. The van der Waals surface area contributed by atoms with E-state index >= 15 is 0 Å².